The van der Waals surface area contributed by atoms with Crippen LogP contribution in [0.2, 0.25) is 0 Å². The van der Waals surface area contributed by atoms with Crippen molar-refractivity contribution >= 4 is 18.0 Å². The molecule has 1 atom stereocenters. The van der Waals surface area contributed by atoms with Gasteiger partial charge in [-0.15, -0.1) is 18.3 Å². The highest BCUT2D eigenvalue weighted by atomic mass is 19.4. The molecule has 0 radical (unpaired) electrons. The molecule has 0 spiro atoms. The molecule has 9 heteroatoms. The Labute approximate surface area is 173 Å². The summed E-state index contributed by atoms with van der Waals surface area (Å²) in [5.41, 5.74) is 8.77. The number of amides is 1. The van der Waals surface area contributed by atoms with Crippen LogP contribution in [0.3, 0.4) is 0 Å². The van der Waals surface area contributed by atoms with E-state index in [-0.39, 0.29) is 17.6 Å². The maximum Gasteiger partial charge on any atom is 0.573 e. The Balaban J connectivity index is 1.72. The van der Waals surface area contributed by atoms with Gasteiger partial charge >= 0.3 is 6.36 Å². The molecule has 0 saturated carbocycles. The summed E-state index contributed by atoms with van der Waals surface area (Å²) in [7, 11) is 1.68. The molecule has 1 aromatic rings. The van der Waals surface area contributed by atoms with Crippen LogP contribution in [-0.4, -0.2) is 31.4 Å². The summed E-state index contributed by atoms with van der Waals surface area (Å²) < 4.78 is 40.3. The fourth-order valence-corrected chi connectivity index (χ4v) is 3.21. The molecule has 1 unspecified atom stereocenters. The number of allylic oxidation sites excluding steroid dienone is 1. The van der Waals surface area contributed by atoms with Crippen LogP contribution >= 0.6 is 0 Å². The van der Waals surface area contributed by atoms with Crippen molar-refractivity contribution in [3.63, 3.8) is 0 Å². The van der Waals surface area contributed by atoms with Crippen molar-refractivity contribution in [1.29, 1.82) is 5.53 Å². The Morgan fingerprint density at radius 1 is 1.27 bits per heavy atom. The van der Waals surface area contributed by atoms with Gasteiger partial charge in [-0.1, -0.05) is 18.2 Å². The van der Waals surface area contributed by atoms with Gasteiger partial charge in [0.05, 0.1) is 0 Å². The minimum atomic E-state index is -4.67. The number of hydrogen-bond donors (Lipinski definition) is 1. The third-order valence-corrected chi connectivity index (χ3v) is 4.79. The van der Waals surface area contributed by atoms with Gasteiger partial charge in [-0.3, -0.25) is 9.79 Å². The lowest BCUT2D eigenvalue weighted by Gasteiger charge is -2.18. The SMILES string of the molecule is CN=C(N=CCCCCc1ccc(OC(F)(F)F)cc1)C1=CCC(C(=O)N=N)CC1. The number of nitrogens with one attached hydrogen (secondary N) is 1. The average Bonchev–Trinajstić information content (AvgIpc) is 2.73. The number of hydrogen-bond acceptors (Lipinski definition) is 4. The Hall–Kier alpha value is -2.84. The summed E-state index contributed by atoms with van der Waals surface area (Å²) in [5, 5.41) is 2.99. The van der Waals surface area contributed by atoms with Crippen molar-refractivity contribution in [2.24, 2.45) is 21.0 Å². The molecule has 30 heavy (non-hydrogen) atoms. The first-order chi connectivity index (χ1) is 14.3. The fourth-order valence-electron chi connectivity index (χ4n) is 3.21. The van der Waals surface area contributed by atoms with E-state index in [4.69, 9.17) is 5.53 Å². The normalized spacial score (nSPS) is 17.7. The molecule has 1 N–H and O–H groups in total. The van der Waals surface area contributed by atoms with Crippen molar-refractivity contribution in [1.82, 2.24) is 0 Å². The highest BCUT2D eigenvalue weighted by molar-refractivity contribution is 6.02. The Bertz CT molecular complexity index is 815. The summed E-state index contributed by atoms with van der Waals surface area (Å²) in [6, 6.07) is 5.92. The molecule has 1 aliphatic carbocycles. The number of aryl methyl sites for hydroxylation is 1. The molecule has 1 aliphatic rings. The zero-order valence-electron chi connectivity index (χ0n) is 16.8. The maximum absolute atomic E-state index is 12.2. The Morgan fingerprint density at radius 3 is 2.57 bits per heavy atom. The largest absolute Gasteiger partial charge is 0.573 e. The lowest BCUT2D eigenvalue weighted by molar-refractivity contribution is -0.274. The molecule has 0 saturated heterocycles. The zero-order chi connectivity index (χ0) is 22.0. The summed E-state index contributed by atoms with van der Waals surface area (Å²) in [6.07, 6.45) is 4.28. The molecular weight excluding hydrogens is 397 g/mol. The van der Waals surface area contributed by atoms with E-state index in [2.05, 4.69) is 19.8 Å². The van der Waals surface area contributed by atoms with Gasteiger partial charge in [0.15, 0.2) is 0 Å². The minimum absolute atomic E-state index is 0.216. The Morgan fingerprint density at radius 2 is 2.00 bits per heavy atom. The van der Waals surface area contributed by atoms with Crippen LogP contribution in [0.4, 0.5) is 13.2 Å². The van der Waals surface area contributed by atoms with E-state index in [1.54, 1.807) is 19.2 Å². The van der Waals surface area contributed by atoms with Gasteiger partial charge in [-0.05, 0) is 68.2 Å². The third-order valence-electron chi connectivity index (χ3n) is 4.79. The molecular formula is C21H25F3N4O2. The van der Waals surface area contributed by atoms with E-state index >= 15 is 0 Å². The predicted molar refractivity (Wildman–Crippen MR) is 108 cm³/mol. The highest BCUT2D eigenvalue weighted by Gasteiger charge is 2.30. The van der Waals surface area contributed by atoms with Crippen LogP contribution in [0.25, 0.3) is 0 Å². The van der Waals surface area contributed by atoms with E-state index < -0.39 is 6.36 Å². The number of rotatable bonds is 8. The van der Waals surface area contributed by atoms with Crippen molar-refractivity contribution in [2.75, 3.05) is 7.05 Å². The van der Waals surface area contributed by atoms with Crippen molar-refractivity contribution < 1.29 is 22.7 Å². The van der Waals surface area contributed by atoms with Crippen molar-refractivity contribution in [2.45, 2.75) is 51.3 Å². The smallest absolute Gasteiger partial charge is 0.406 e. The first-order valence-electron chi connectivity index (χ1n) is 9.77. The molecule has 0 aromatic heterocycles. The van der Waals surface area contributed by atoms with E-state index in [0.29, 0.717) is 25.1 Å². The number of amidine groups is 1. The topological polar surface area (TPSA) is 87.2 Å². The number of aliphatic imine (C=N–C) groups is 2. The number of carbonyl (C=O) groups is 1. The second kappa shape index (κ2) is 11.4. The zero-order valence-corrected chi connectivity index (χ0v) is 16.8. The number of nitrogens with zero attached hydrogens (tertiary/aromatic N) is 3. The number of halogens is 3. The van der Waals surface area contributed by atoms with Crippen molar-refractivity contribution in [3.05, 3.63) is 41.5 Å². The summed E-state index contributed by atoms with van der Waals surface area (Å²) >= 11 is 0. The molecule has 0 bridgehead atoms. The van der Waals surface area contributed by atoms with E-state index in [1.165, 1.54) is 12.1 Å². The average molecular weight is 422 g/mol. The lowest BCUT2D eigenvalue weighted by Crippen LogP contribution is -2.17. The first-order valence-corrected chi connectivity index (χ1v) is 9.77. The lowest BCUT2D eigenvalue weighted by atomic mass is 9.88. The first kappa shape index (κ1) is 23.4. The second-order valence-corrected chi connectivity index (χ2v) is 6.95. The number of alkyl halides is 3. The van der Waals surface area contributed by atoms with Crippen molar-refractivity contribution in [3.8, 4) is 5.75 Å². The van der Waals surface area contributed by atoms with E-state index in [1.807, 2.05) is 12.3 Å². The summed E-state index contributed by atoms with van der Waals surface area (Å²) in [6.45, 7) is 0. The van der Waals surface area contributed by atoms with Gasteiger partial charge in [-0.25, -0.2) is 10.5 Å². The Kier molecular flexibility index (Phi) is 8.89. The van der Waals surface area contributed by atoms with Crippen LogP contribution in [-0.2, 0) is 11.2 Å². The molecule has 2 rings (SSSR count). The van der Waals surface area contributed by atoms with Gasteiger partial charge in [0, 0.05) is 19.2 Å². The maximum atomic E-state index is 12.2. The van der Waals surface area contributed by atoms with Gasteiger partial charge in [0.25, 0.3) is 5.91 Å². The number of carbonyl (C=O) groups excluding carboxylic acids is 1. The number of benzene rings is 1. The quantitative estimate of drug-likeness (QED) is 0.253. The van der Waals surface area contributed by atoms with Crippen LogP contribution in [0.5, 0.6) is 5.75 Å². The third kappa shape index (κ3) is 7.88. The van der Waals surface area contributed by atoms with Crippen LogP contribution in [0.15, 0.2) is 51.0 Å². The molecule has 0 aliphatic heterocycles. The monoisotopic (exact) mass is 422 g/mol. The molecule has 1 aromatic carbocycles. The van der Waals surface area contributed by atoms with Crippen LogP contribution in [0, 0.1) is 11.4 Å². The van der Waals surface area contributed by atoms with Crippen LogP contribution < -0.4 is 4.74 Å². The second-order valence-electron chi connectivity index (χ2n) is 6.95. The van der Waals surface area contributed by atoms with Gasteiger partial charge < -0.3 is 4.74 Å². The van der Waals surface area contributed by atoms with Crippen LogP contribution in [0.1, 0.15) is 44.1 Å². The fraction of sp³-hybridized carbons (Fsp3) is 0.476. The summed E-state index contributed by atoms with van der Waals surface area (Å²) in [4.78, 5) is 20.1. The molecule has 0 heterocycles. The molecule has 0 fully saturated rings. The van der Waals surface area contributed by atoms with Gasteiger partial charge in [0.2, 0.25) is 0 Å². The minimum Gasteiger partial charge on any atom is -0.406 e. The molecule has 1 amide bonds. The molecule has 162 valence electrons. The number of unbranched alkanes of at least 4 members (excludes halogenated alkanes) is 2. The predicted octanol–water partition coefficient (Wildman–Crippen LogP) is 5.68. The van der Waals surface area contributed by atoms with E-state index in [0.717, 1.165) is 36.8 Å². The van der Waals surface area contributed by atoms with E-state index in [9.17, 15) is 18.0 Å². The summed E-state index contributed by atoms with van der Waals surface area (Å²) in [5.74, 6) is -0.163. The highest BCUT2D eigenvalue weighted by Crippen LogP contribution is 2.26. The standard InChI is InChI=1S/C21H25F3N4O2/c1-26-19(16-8-10-17(11-9-16)20(29)28-25)27-14-4-2-3-5-15-6-12-18(13-7-15)30-21(22,23)24/h6-8,12-14,17,25H,2-5,9-11H2,1H3. The van der Waals surface area contributed by atoms with Gasteiger partial charge in [0.1, 0.15) is 11.6 Å². The number of ether oxygens (including phenoxy) is 1. The molecule has 6 nitrogen and oxygen atoms in total. The van der Waals surface area contributed by atoms with Gasteiger partial charge in [-0.2, -0.15) is 0 Å².